The minimum atomic E-state index is 0.643. The third kappa shape index (κ3) is 1.71. The largest absolute Gasteiger partial charge is 0.398 e. The molecule has 0 aliphatic carbocycles. The first kappa shape index (κ1) is 11.0. The summed E-state index contributed by atoms with van der Waals surface area (Å²) >= 11 is 5.92. The van der Waals surface area contributed by atoms with E-state index in [-0.39, 0.29) is 0 Å². The summed E-state index contributed by atoms with van der Waals surface area (Å²) in [6.07, 6.45) is 1.85. The Balaban J connectivity index is 2.22. The molecule has 0 spiro atoms. The summed E-state index contributed by atoms with van der Waals surface area (Å²) in [5.74, 6) is 0.758. The van der Waals surface area contributed by atoms with Gasteiger partial charge in [-0.15, -0.1) is 10.2 Å². The second-order valence-corrected chi connectivity index (χ2v) is 4.60. The summed E-state index contributed by atoms with van der Waals surface area (Å²) in [7, 11) is 0. The summed E-state index contributed by atoms with van der Waals surface area (Å²) in [6, 6.07) is 9.44. The van der Waals surface area contributed by atoms with E-state index in [1.165, 1.54) is 0 Å². The zero-order chi connectivity index (χ0) is 12.7. The zero-order valence-electron chi connectivity index (χ0n) is 9.76. The Hall–Kier alpha value is -2.07. The van der Waals surface area contributed by atoms with Crippen LogP contribution >= 0.6 is 11.6 Å². The summed E-state index contributed by atoms with van der Waals surface area (Å²) in [4.78, 5) is 0. The summed E-state index contributed by atoms with van der Waals surface area (Å²) in [5.41, 5.74) is 9.37. The van der Waals surface area contributed by atoms with E-state index in [1.54, 1.807) is 12.1 Å². The Morgan fingerprint density at radius 3 is 2.78 bits per heavy atom. The van der Waals surface area contributed by atoms with Crippen LogP contribution in [0.15, 0.2) is 36.5 Å². The van der Waals surface area contributed by atoms with Gasteiger partial charge in [0.25, 0.3) is 0 Å². The van der Waals surface area contributed by atoms with Crippen molar-refractivity contribution in [3.8, 4) is 11.4 Å². The average molecular weight is 259 g/mol. The van der Waals surface area contributed by atoms with Gasteiger partial charge >= 0.3 is 0 Å². The lowest BCUT2D eigenvalue weighted by atomic mass is 10.1. The van der Waals surface area contributed by atoms with Crippen molar-refractivity contribution in [3.05, 3.63) is 47.1 Å². The van der Waals surface area contributed by atoms with Crippen LogP contribution in [0.5, 0.6) is 0 Å². The minimum Gasteiger partial charge on any atom is -0.398 e. The molecule has 0 amide bonds. The van der Waals surface area contributed by atoms with Crippen LogP contribution in [-0.4, -0.2) is 14.6 Å². The fourth-order valence-electron chi connectivity index (χ4n) is 1.84. The molecular formula is C13H11ClN4. The summed E-state index contributed by atoms with van der Waals surface area (Å²) in [6.45, 7) is 1.97. The number of pyridine rings is 1. The molecule has 1 aromatic carbocycles. The van der Waals surface area contributed by atoms with E-state index in [2.05, 4.69) is 10.2 Å². The van der Waals surface area contributed by atoms with Crippen LogP contribution in [0.1, 0.15) is 5.56 Å². The highest BCUT2D eigenvalue weighted by molar-refractivity contribution is 6.30. The normalized spacial score (nSPS) is 11.0. The quantitative estimate of drug-likeness (QED) is 0.683. The zero-order valence-corrected chi connectivity index (χ0v) is 10.5. The number of aryl methyl sites for hydroxylation is 1. The third-order valence-corrected chi connectivity index (χ3v) is 3.14. The van der Waals surface area contributed by atoms with Gasteiger partial charge in [0.1, 0.15) is 0 Å². The van der Waals surface area contributed by atoms with Crippen LogP contribution in [0.3, 0.4) is 0 Å². The molecule has 0 saturated heterocycles. The Kier molecular flexibility index (Phi) is 2.45. The molecule has 0 bridgehead atoms. The van der Waals surface area contributed by atoms with E-state index in [9.17, 15) is 0 Å². The first-order valence-electron chi connectivity index (χ1n) is 5.52. The van der Waals surface area contributed by atoms with E-state index in [0.717, 1.165) is 28.3 Å². The van der Waals surface area contributed by atoms with Crippen molar-refractivity contribution in [2.24, 2.45) is 0 Å². The topological polar surface area (TPSA) is 56.2 Å². The Morgan fingerprint density at radius 2 is 2.00 bits per heavy atom. The van der Waals surface area contributed by atoms with E-state index in [0.29, 0.717) is 5.02 Å². The van der Waals surface area contributed by atoms with Gasteiger partial charge in [-0.05, 0) is 24.6 Å². The van der Waals surface area contributed by atoms with Crippen LogP contribution in [-0.2, 0) is 0 Å². The van der Waals surface area contributed by atoms with Gasteiger partial charge in [0.05, 0.1) is 0 Å². The molecule has 3 aromatic rings. The predicted molar refractivity (Wildman–Crippen MR) is 72.6 cm³/mol. The molecule has 0 atom stereocenters. The number of halogens is 1. The van der Waals surface area contributed by atoms with Crippen LogP contribution in [0, 0.1) is 6.92 Å². The Labute approximate surface area is 109 Å². The van der Waals surface area contributed by atoms with Crippen LogP contribution in [0.25, 0.3) is 17.0 Å². The fraction of sp³-hybridized carbons (Fsp3) is 0.0769. The molecule has 90 valence electrons. The van der Waals surface area contributed by atoms with Crippen LogP contribution in [0.2, 0.25) is 5.02 Å². The van der Waals surface area contributed by atoms with Crippen molar-refractivity contribution in [3.63, 3.8) is 0 Å². The number of benzene rings is 1. The molecule has 0 radical (unpaired) electrons. The maximum Gasteiger partial charge on any atom is 0.168 e. The van der Waals surface area contributed by atoms with Crippen molar-refractivity contribution in [1.29, 1.82) is 0 Å². The van der Waals surface area contributed by atoms with Gasteiger partial charge in [0.15, 0.2) is 11.5 Å². The van der Waals surface area contributed by atoms with E-state index < -0.39 is 0 Å². The number of rotatable bonds is 1. The number of aromatic nitrogens is 3. The van der Waals surface area contributed by atoms with Gasteiger partial charge < -0.3 is 5.73 Å². The molecule has 18 heavy (non-hydrogen) atoms. The fourth-order valence-corrected chi connectivity index (χ4v) is 2.00. The third-order valence-electron chi connectivity index (χ3n) is 2.91. The second kappa shape index (κ2) is 3.99. The van der Waals surface area contributed by atoms with Gasteiger partial charge in [-0.3, -0.25) is 4.40 Å². The molecule has 0 saturated carbocycles. The van der Waals surface area contributed by atoms with E-state index >= 15 is 0 Å². The highest BCUT2D eigenvalue weighted by Crippen LogP contribution is 2.23. The first-order valence-corrected chi connectivity index (χ1v) is 5.90. The Bertz CT molecular complexity index is 733. The van der Waals surface area contributed by atoms with Gasteiger partial charge in [0.2, 0.25) is 0 Å². The number of nitrogen functional groups attached to an aromatic ring is 1. The van der Waals surface area contributed by atoms with Gasteiger partial charge in [-0.25, -0.2) is 0 Å². The molecule has 4 nitrogen and oxygen atoms in total. The first-order chi connectivity index (χ1) is 8.65. The molecular weight excluding hydrogens is 248 g/mol. The minimum absolute atomic E-state index is 0.643. The molecule has 0 aliphatic heterocycles. The summed E-state index contributed by atoms with van der Waals surface area (Å²) in [5, 5.41) is 8.92. The van der Waals surface area contributed by atoms with Gasteiger partial charge in [-0.2, -0.15) is 0 Å². The number of nitrogens with two attached hydrogens (primary N) is 1. The molecule has 0 aliphatic rings. The molecule has 2 aromatic heterocycles. The lowest BCUT2D eigenvalue weighted by Crippen LogP contribution is -1.93. The highest BCUT2D eigenvalue weighted by atomic mass is 35.5. The van der Waals surface area contributed by atoms with Crippen molar-refractivity contribution in [2.45, 2.75) is 6.92 Å². The predicted octanol–water partition coefficient (Wildman–Crippen LogP) is 2.94. The number of fused-ring (bicyclic) bond motifs is 1. The van der Waals surface area contributed by atoms with E-state index in [1.807, 2.05) is 35.7 Å². The number of hydrogen-bond donors (Lipinski definition) is 1. The Morgan fingerprint density at radius 1 is 1.17 bits per heavy atom. The lowest BCUT2D eigenvalue weighted by molar-refractivity contribution is 1.11. The number of nitrogens with zero attached hydrogens (tertiary/aromatic N) is 3. The number of hydrogen-bond acceptors (Lipinski definition) is 3. The monoisotopic (exact) mass is 258 g/mol. The van der Waals surface area contributed by atoms with Crippen LogP contribution in [0.4, 0.5) is 5.69 Å². The van der Waals surface area contributed by atoms with Crippen molar-refractivity contribution >= 4 is 22.9 Å². The maximum absolute atomic E-state index is 5.92. The van der Waals surface area contributed by atoms with Gasteiger partial charge in [-0.1, -0.05) is 23.7 Å². The molecule has 0 unspecified atom stereocenters. The highest BCUT2D eigenvalue weighted by Gasteiger charge is 2.09. The van der Waals surface area contributed by atoms with Crippen LogP contribution < -0.4 is 5.73 Å². The van der Waals surface area contributed by atoms with Crippen molar-refractivity contribution in [1.82, 2.24) is 14.6 Å². The molecule has 0 fully saturated rings. The number of anilines is 1. The smallest absolute Gasteiger partial charge is 0.168 e. The second-order valence-electron chi connectivity index (χ2n) is 4.17. The van der Waals surface area contributed by atoms with Crippen molar-refractivity contribution in [2.75, 3.05) is 5.73 Å². The lowest BCUT2D eigenvalue weighted by Gasteiger charge is -2.04. The molecule has 5 heteroatoms. The van der Waals surface area contributed by atoms with E-state index in [4.69, 9.17) is 17.3 Å². The summed E-state index contributed by atoms with van der Waals surface area (Å²) < 4.78 is 1.88. The SMILES string of the molecule is Cc1ccc(-c2nnc3cc(Cl)ccn23)cc1N. The molecule has 3 rings (SSSR count). The maximum atomic E-state index is 5.92. The van der Waals surface area contributed by atoms with Gasteiger partial charge in [0, 0.05) is 28.5 Å². The molecule has 2 heterocycles. The standard InChI is InChI=1S/C13H11ClN4/c1-8-2-3-9(6-11(8)15)13-17-16-12-7-10(14)4-5-18(12)13/h2-7H,15H2,1H3. The average Bonchev–Trinajstić information content (AvgIpc) is 2.75. The van der Waals surface area contributed by atoms with Crippen molar-refractivity contribution < 1.29 is 0 Å². The molecule has 2 N–H and O–H groups in total.